The fraction of sp³-hybridized carbons (Fsp3) is 0.139. The average molecular weight is 637 g/mol. The van der Waals surface area contributed by atoms with E-state index in [1.54, 1.807) is 30.7 Å². The monoisotopic (exact) mass is 636 g/mol. The van der Waals surface area contributed by atoms with Crippen LogP contribution in [-0.4, -0.2) is 24.3 Å². The third-order valence-corrected chi connectivity index (χ3v) is 8.67. The van der Waals surface area contributed by atoms with Crippen LogP contribution in [0.2, 0.25) is 5.02 Å². The molecule has 45 heavy (non-hydrogen) atoms. The number of thiazole rings is 1. The summed E-state index contributed by atoms with van der Waals surface area (Å²) >= 11 is 7.55. The molecule has 7 nitrogen and oxygen atoms in total. The van der Waals surface area contributed by atoms with Gasteiger partial charge in [-0.15, -0.1) is 0 Å². The van der Waals surface area contributed by atoms with Crippen molar-refractivity contribution in [3.05, 3.63) is 156 Å². The molecule has 9 heteroatoms. The minimum Gasteiger partial charge on any atom is -0.493 e. The van der Waals surface area contributed by atoms with Crippen molar-refractivity contribution in [3.63, 3.8) is 0 Å². The van der Waals surface area contributed by atoms with Gasteiger partial charge in [0.15, 0.2) is 16.3 Å². The molecule has 1 atom stereocenters. The lowest BCUT2D eigenvalue weighted by Gasteiger charge is -2.25. The predicted octanol–water partition coefficient (Wildman–Crippen LogP) is 6.18. The van der Waals surface area contributed by atoms with Gasteiger partial charge in [0, 0.05) is 16.1 Å². The second-order valence-electron chi connectivity index (χ2n) is 10.1. The molecule has 0 radical (unpaired) electrons. The summed E-state index contributed by atoms with van der Waals surface area (Å²) in [4.78, 5) is 33.1. The summed E-state index contributed by atoms with van der Waals surface area (Å²) in [6.45, 7) is 2.23. The van der Waals surface area contributed by atoms with E-state index in [9.17, 15) is 9.59 Å². The lowest BCUT2D eigenvalue weighted by molar-refractivity contribution is -0.138. The van der Waals surface area contributed by atoms with Gasteiger partial charge in [0.25, 0.3) is 5.56 Å². The zero-order valence-electron chi connectivity index (χ0n) is 24.6. The number of esters is 1. The van der Waals surface area contributed by atoms with Gasteiger partial charge in [0.1, 0.15) is 6.61 Å². The summed E-state index contributed by atoms with van der Waals surface area (Å²) in [5.74, 6) is 0.550. The first kappa shape index (κ1) is 30.1. The Bertz CT molecular complexity index is 2070. The van der Waals surface area contributed by atoms with Gasteiger partial charge in [0.2, 0.25) is 0 Å². The highest BCUT2D eigenvalue weighted by atomic mass is 35.5. The Morgan fingerprint density at radius 3 is 2.38 bits per heavy atom. The maximum Gasteiger partial charge on any atom is 0.338 e. The van der Waals surface area contributed by atoms with Gasteiger partial charge in [-0.3, -0.25) is 9.36 Å². The van der Waals surface area contributed by atoms with Crippen LogP contribution in [-0.2, 0) is 16.1 Å². The van der Waals surface area contributed by atoms with Crippen molar-refractivity contribution in [2.24, 2.45) is 4.99 Å². The van der Waals surface area contributed by atoms with E-state index in [1.807, 2.05) is 97.1 Å². The summed E-state index contributed by atoms with van der Waals surface area (Å²) in [6, 6.07) is 31.2. The van der Waals surface area contributed by atoms with Gasteiger partial charge in [0.05, 0.1) is 35.6 Å². The minimum atomic E-state index is -0.728. The lowest BCUT2D eigenvalue weighted by atomic mass is 9.93. The topological polar surface area (TPSA) is 79.1 Å². The number of methoxy groups -OCH3 is 1. The van der Waals surface area contributed by atoms with Gasteiger partial charge in [-0.1, -0.05) is 108 Å². The molecule has 0 amide bonds. The van der Waals surface area contributed by atoms with Gasteiger partial charge < -0.3 is 14.2 Å². The number of rotatable bonds is 9. The smallest absolute Gasteiger partial charge is 0.338 e. The van der Waals surface area contributed by atoms with E-state index >= 15 is 0 Å². The Labute approximate surface area is 268 Å². The molecule has 5 aromatic rings. The number of ether oxygens (including phenoxy) is 3. The molecule has 0 unspecified atom stereocenters. The molecule has 0 bridgehead atoms. The van der Waals surface area contributed by atoms with Crippen molar-refractivity contribution in [3.8, 4) is 11.5 Å². The number of carbonyl (C=O) groups is 1. The Hall–Kier alpha value is -4.92. The van der Waals surface area contributed by atoms with E-state index in [0.29, 0.717) is 37.1 Å². The standard InChI is InChI=1S/C36H29ClN2O5S/c1-3-43-35(41)31-32(24-12-6-4-7-13-24)38-36-39(33(31)25-14-8-5-9-15-25)34(40)30(45-36)21-23-18-19-28(29(20-23)42-2)44-22-26-16-10-11-17-27(26)37/h4-21,33H,3,22H2,1-2H3/b30-21-/t33-/m0/s1. The summed E-state index contributed by atoms with van der Waals surface area (Å²) in [5.41, 5.74) is 3.67. The van der Waals surface area contributed by atoms with E-state index < -0.39 is 12.0 Å². The molecule has 1 aliphatic rings. The Morgan fingerprint density at radius 1 is 0.956 bits per heavy atom. The summed E-state index contributed by atoms with van der Waals surface area (Å²) < 4.78 is 19.2. The van der Waals surface area contributed by atoms with Crippen LogP contribution in [0.3, 0.4) is 0 Å². The minimum absolute atomic E-state index is 0.191. The number of hydrogen-bond donors (Lipinski definition) is 0. The number of fused-ring (bicyclic) bond motifs is 1. The zero-order valence-corrected chi connectivity index (χ0v) is 26.2. The fourth-order valence-electron chi connectivity index (χ4n) is 5.21. The molecule has 0 N–H and O–H groups in total. The van der Waals surface area contributed by atoms with Gasteiger partial charge >= 0.3 is 5.97 Å². The van der Waals surface area contributed by atoms with Crippen molar-refractivity contribution in [2.45, 2.75) is 19.6 Å². The van der Waals surface area contributed by atoms with E-state index in [-0.39, 0.29) is 18.8 Å². The third kappa shape index (κ3) is 6.20. The molecule has 0 fully saturated rings. The van der Waals surface area contributed by atoms with E-state index in [2.05, 4.69) is 0 Å². The molecule has 2 heterocycles. The number of benzene rings is 4. The third-order valence-electron chi connectivity index (χ3n) is 7.32. The van der Waals surface area contributed by atoms with Crippen molar-refractivity contribution in [1.82, 2.24) is 4.57 Å². The summed E-state index contributed by atoms with van der Waals surface area (Å²) in [5, 5.41) is 0.624. The molecule has 0 saturated carbocycles. The fourth-order valence-corrected chi connectivity index (χ4v) is 6.40. The van der Waals surface area contributed by atoms with Crippen molar-refractivity contribution in [1.29, 1.82) is 0 Å². The quantitative estimate of drug-likeness (QED) is 0.181. The second-order valence-corrected chi connectivity index (χ2v) is 11.5. The number of aromatic nitrogens is 1. The Balaban J connectivity index is 1.46. The SMILES string of the molecule is CCOC(=O)C1=C(c2ccccc2)N=c2s/c(=C\c3ccc(OCc4ccccc4Cl)c(OC)c3)c(=O)n2[C@H]1c1ccccc1. The maximum atomic E-state index is 14.1. The molecule has 6 rings (SSSR count). The number of halogens is 1. The highest BCUT2D eigenvalue weighted by Gasteiger charge is 2.35. The molecule has 4 aromatic carbocycles. The van der Waals surface area contributed by atoms with Crippen molar-refractivity contribution >= 4 is 40.7 Å². The van der Waals surface area contributed by atoms with Crippen LogP contribution >= 0.6 is 22.9 Å². The molecule has 0 aliphatic carbocycles. The molecule has 1 aromatic heterocycles. The molecule has 226 valence electrons. The summed E-state index contributed by atoms with van der Waals surface area (Å²) in [7, 11) is 1.57. The average Bonchev–Trinajstić information content (AvgIpc) is 3.38. The van der Waals surface area contributed by atoms with Crippen LogP contribution in [0, 0.1) is 0 Å². The normalized spacial score (nSPS) is 14.5. The van der Waals surface area contributed by atoms with E-state index in [4.69, 9.17) is 30.8 Å². The van der Waals surface area contributed by atoms with E-state index in [0.717, 1.165) is 22.3 Å². The first-order valence-electron chi connectivity index (χ1n) is 14.4. The van der Waals surface area contributed by atoms with Crippen molar-refractivity contribution in [2.75, 3.05) is 13.7 Å². The molecule has 1 aliphatic heterocycles. The number of nitrogens with zero attached hydrogens (tertiary/aromatic N) is 2. The lowest BCUT2D eigenvalue weighted by Crippen LogP contribution is -2.39. The second kappa shape index (κ2) is 13.4. The Kier molecular flexibility index (Phi) is 8.96. The van der Waals surface area contributed by atoms with Gasteiger partial charge in [-0.25, -0.2) is 9.79 Å². The van der Waals surface area contributed by atoms with Crippen LogP contribution in [0.5, 0.6) is 11.5 Å². The number of carbonyl (C=O) groups excluding carboxylic acids is 1. The molecular formula is C36H29ClN2O5S. The molecule has 0 saturated heterocycles. The van der Waals surface area contributed by atoms with Crippen LogP contribution in [0.15, 0.2) is 118 Å². The predicted molar refractivity (Wildman–Crippen MR) is 176 cm³/mol. The van der Waals surface area contributed by atoms with Crippen LogP contribution < -0.4 is 24.4 Å². The largest absolute Gasteiger partial charge is 0.493 e. The first-order valence-corrected chi connectivity index (χ1v) is 15.6. The van der Waals surface area contributed by atoms with Gasteiger partial charge in [-0.05, 0) is 42.3 Å². The molecule has 0 spiro atoms. The number of hydrogen-bond acceptors (Lipinski definition) is 7. The van der Waals surface area contributed by atoms with Crippen molar-refractivity contribution < 1.29 is 19.0 Å². The van der Waals surface area contributed by atoms with E-state index in [1.165, 1.54) is 11.3 Å². The highest BCUT2D eigenvalue weighted by molar-refractivity contribution is 7.07. The van der Waals surface area contributed by atoms with Crippen LogP contribution in [0.25, 0.3) is 11.8 Å². The maximum absolute atomic E-state index is 14.1. The summed E-state index contributed by atoms with van der Waals surface area (Å²) in [6.07, 6.45) is 1.79. The zero-order chi connectivity index (χ0) is 31.3. The first-order chi connectivity index (χ1) is 22.0. The Morgan fingerprint density at radius 2 is 1.67 bits per heavy atom. The van der Waals surface area contributed by atoms with Crippen LogP contribution in [0.4, 0.5) is 0 Å². The van der Waals surface area contributed by atoms with Gasteiger partial charge in [-0.2, -0.15) is 0 Å². The molecular weight excluding hydrogens is 608 g/mol. The van der Waals surface area contributed by atoms with Crippen LogP contribution in [0.1, 0.15) is 35.2 Å². The highest BCUT2D eigenvalue weighted by Crippen LogP contribution is 2.35.